The lowest BCUT2D eigenvalue weighted by atomic mass is 10.0. The van der Waals surface area contributed by atoms with E-state index < -0.39 is 0 Å². The first-order chi connectivity index (χ1) is 6.29. The van der Waals surface area contributed by atoms with Crippen molar-refractivity contribution in [1.29, 1.82) is 0 Å². The van der Waals surface area contributed by atoms with Crippen LogP contribution in [0.3, 0.4) is 0 Å². The second kappa shape index (κ2) is 4.31. The zero-order chi connectivity index (χ0) is 9.15. The molecule has 0 amide bonds. The third-order valence-electron chi connectivity index (χ3n) is 2.98. The molecular weight excluding hydrogens is 196 g/mol. The number of thioether (sulfide) groups is 1. The summed E-state index contributed by atoms with van der Waals surface area (Å²) in [6.07, 6.45) is 14.1. The first-order valence-corrected chi connectivity index (χ1v) is 6.66. The first kappa shape index (κ1) is 9.97. The molecule has 0 bridgehead atoms. The highest BCUT2D eigenvalue weighted by atomic mass is 32.2. The highest BCUT2D eigenvalue weighted by molar-refractivity contribution is 8.12. The molecule has 0 nitrogen and oxygen atoms in total. The minimum Gasteiger partial charge on any atom is -0.161 e. The first-order valence-electron chi connectivity index (χ1n) is 5.34. The fourth-order valence-electron chi connectivity index (χ4n) is 2.21. The minimum atomic E-state index is 0.252. The summed E-state index contributed by atoms with van der Waals surface area (Å²) in [4.78, 5) is 0. The van der Waals surface area contributed by atoms with Gasteiger partial charge in [0.05, 0.1) is 4.08 Å². The Kier molecular flexibility index (Phi) is 3.31. The molecule has 1 fully saturated rings. The highest BCUT2D eigenvalue weighted by Crippen LogP contribution is 2.46. The van der Waals surface area contributed by atoms with Crippen LogP contribution < -0.4 is 0 Å². The van der Waals surface area contributed by atoms with Gasteiger partial charge in [0.25, 0.3) is 0 Å². The Morgan fingerprint density at radius 2 is 1.69 bits per heavy atom. The van der Waals surface area contributed by atoms with E-state index in [9.17, 15) is 0 Å². The zero-order valence-corrected chi connectivity index (χ0v) is 9.75. The van der Waals surface area contributed by atoms with E-state index in [2.05, 4.69) is 23.9 Å². The van der Waals surface area contributed by atoms with Gasteiger partial charge in [-0.15, -0.1) is 11.8 Å². The lowest BCUT2D eigenvalue weighted by molar-refractivity contribution is 0.514. The number of allylic oxidation sites excluding steroid dienone is 2. The zero-order valence-electron chi connectivity index (χ0n) is 8.04. The molecular formula is C11H18S2. The van der Waals surface area contributed by atoms with E-state index in [1.54, 1.807) is 0 Å². The maximum atomic E-state index is 4.79. The van der Waals surface area contributed by atoms with Gasteiger partial charge in [0.15, 0.2) is 0 Å². The lowest BCUT2D eigenvalue weighted by Crippen LogP contribution is -2.19. The Morgan fingerprint density at radius 1 is 1.08 bits per heavy atom. The second-order valence-corrected chi connectivity index (χ2v) is 7.05. The van der Waals surface area contributed by atoms with Gasteiger partial charge in [-0.1, -0.05) is 31.4 Å². The maximum Gasteiger partial charge on any atom is 0.0652 e. The molecule has 0 atom stereocenters. The molecule has 0 N–H and O–H groups in total. The lowest BCUT2D eigenvalue weighted by Gasteiger charge is -2.30. The van der Waals surface area contributed by atoms with Gasteiger partial charge in [-0.3, -0.25) is 0 Å². The Balaban J connectivity index is 1.82. The SMILES string of the molecule is SC1(SC2CCCCC2)CC=CC1. The van der Waals surface area contributed by atoms with Crippen LogP contribution in [-0.2, 0) is 0 Å². The molecule has 2 rings (SSSR count). The van der Waals surface area contributed by atoms with Crippen molar-refractivity contribution < 1.29 is 0 Å². The molecule has 0 heterocycles. The molecule has 0 unspecified atom stereocenters. The van der Waals surface area contributed by atoms with Crippen LogP contribution in [0.5, 0.6) is 0 Å². The van der Waals surface area contributed by atoms with Gasteiger partial charge in [-0.2, -0.15) is 12.6 Å². The van der Waals surface area contributed by atoms with Crippen molar-refractivity contribution in [2.24, 2.45) is 0 Å². The largest absolute Gasteiger partial charge is 0.161 e. The number of hydrogen-bond donors (Lipinski definition) is 1. The van der Waals surface area contributed by atoms with Crippen LogP contribution in [0, 0.1) is 0 Å². The summed E-state index contributed by atoms with van der Waals surface area (Å²) in [6.45, 7) is 0. The van der Waals surface area contributed by atoms with E-state index in [0.717, 1.165) is 18.1 Å². The monoisotopic (exact) mass is 214 g/mol. The average Bonchev–Trinajstić information content (AvgIpc) is 2.54. The van der Waals surface area contributed by atoms with Crippen molar-refractivity contribution in [2.75, 3.05) is 0 Å². The highest BCUT2D eigenvalue weighted by Gasteiger charge is 2.30. The van der Waals surface area contributed by atoms with E-state index >= 15 is 0 Å². The number of thiol groups is 1. The molecule has 2 heteroatoms. The normalized spacial score (nSPS) is 28.1. The molecule has 0 aromatic rings. The Hall–Kier alpha value is 0.440. The molecule has 74 valence electrons. The van der Waals surface area contributed by atoms with Crippen molar-refractivity contribution in [3.8, 4) is 0 Å². The van der Waals surface area contributed by atoms with E-state index in [1.807, 2.05) is 0 Å². The third-order valence-corrected chi connectivity index (χ3v) is 5.24. The summed E-state index contributed by atoms with van der Waals surface area (Å²) in [7, 11) is 0. The Labute approximate surface area is 91.0 Å². The summed E-state index contributed by atoms with van der Waals surface area (Å²) < 4.78 is 0.252. The van der Waals surface area contributed by atoms with Gasteiger partial charge >= 0.3 is 0 Å². The summed E-state index contributed by atoms with van der Waals surface area (Å²) in [5.41, 5.74) is 0. The summed E-state index contributed by atoms with van der Waals surface area (Å²) in [5, 5.41) is 0.895. The molecule has 1 saturated carbocycles. The predicted octanol–water partition coefficient (Wildman–Crippen LogP) is 4.03. The molecule has 13 heavy (non-hydrogen) atoms. The number of rotatable bonds is 2. The molecule has 0 aliphatic heterocycles. The van der Waals surface area contributed by atoms with Crippen LogP contribution in [0.2, 0.25) is 0 Å². The van der Waals surface area contributed by atoms with Gasteiger partial charge in [-0.05, 0) is 25.7 Å². The smallest absolute Gasteiger partial charge is 0.0652 e. The van der Waals surface area contributed by atoms with Gasteiger partial charge in [0, 0.05) is 5.25 Å². The van der Waals surface area contributed by atoms with Crippen LogP contribution in [0.25, 0.3) is 0 Å². The van der Waals surface area contributed by atoms with Gasteiger partial charge in [0.2, 0.25) is 0 Å². The summed E-state index contributed by atoms with van der Waals surface area (Å²) >= 11 is 6.92. The molecule has 0 aromatic carbocycles. The van der Waals surface area contributed by atoms with Crippen LogP contribution in [0.4, 0.5) is 0 Å². The average molecular weight is 214 g/mol. The molecule has 2 aliphatic rings. The van der Waals surface area contributed by atoms with Crippen molar-refractivity contribution in [3.63, 3.8) is 0 Å². The second-order valence-electron chi connectivity index (χ2n) is 4.20. The topological polar surface area (TPSA) is 0 Å². The van der Waals surface area contributed by atoms with Crippen LogP contribution >= 0.6 is 24.4 Å². The van der Waals surface area contributed by atoms with Crippen molar-refractivity contribution >= 4 is 24.4 Å². The van der Waals surface area contributed by atoms with Crippen LogP contribution in [0.1, 0.15) is 44.9 Å². The van der Waals surface area contributed by atoms with Crippen LogP contribution in [0.15, 0.2) is 12.2 Å². The molecule has 0 saturated heterocycles. The number of hydrogen-bond acceptors (Lipinski definition) is 2. The van der Waals surface area contributed by atoms with E-state index in [4.69, 9.17) is 12.6 Å². The van der Waals surface area contributed by atoms with Crippen molar-refractivity contribution in [1.82, 2.24) is 0 Å². The standard InChI is InChI=1S/C11H18S2/c12-11(8-4-5-9-11)13-10-6-2-1-3-7-10/h4-5,10,12H,1-3,6-9H2. The minimum absolute atomic E-state index is 0.252. The van der Waals surface area contributed by atoms with E-state index in [0.29, 0.717) is 0 Å². The Bertz CT molecular complexity index is 184. The van der Waals surface area contributed by atoms with Crippen LogP contribution in [-0.4, -0.2) is 9.33 Å². The fourth-order valence-corrected chi connectivity index (χ4v) is 4.44. The Morgan fingerprint density at radius 3 is 2.31 bits per heavy atom. The summed E-state index contributed by atoms with van der Waals surface area (Å²) in [6, 6.07) is 0. The molecule has 2 aliphatic carbocycles. The third kappa shape index (κ3) is 2.69. The van der Waals surface area contributed by atoms with E-state index in [1.165, 1.54) is 32.1 Å². The van der Waals surface area contributed by atoms with Gasteiger partial charge in [-0.25, -0.2) is 0 Å². The van der Waals surface area contributed by atoms with Gasteiger partial charge < -0.3 is 0 Å². The van der Waals surface area contributed by atoms with Crippen molar-refractivity contribution in [3.05, 3.63) is 12.2 Å². The quantitative estimate of drug-likeness (QED) is 0.411. The van der Waals surface area contributed by atoms with E-state index in [-0.39, 0.29) is 4.08 Å². The van der Waals surface area contributed by atoms with Crippen molar-refractivity contribution in [2.45, 2.75) is 54.3 Å². The predicted molar refractivity (Wildman–Crippen MR) is 64.6 cm³/mol. The molecule has 0 aromatic heterocycles. The van der Waals surface area contributed by atoms with Gasteiger partial charge in [0.1, 0.15) is 0 Å². The molecule has 0 spiro atoms. The fraction of sp³-hybridized carbons (Fsp3) is 0.818. The maximum absolute atomic E-state index is 4.79. The summed E-state index contributed by atoms with van der Waals surface area (Å²) in [5.74, 6) is 0. The molecule has 0 radical (unpaired) electrons.